The molecule has 0 aromatic heterocycles. The molecule has 2 nitrogen and oxygen atoms in total. The Kier molecular flexibility index (Phi) is 4.12. The molecule has 0 aliphatic carbocycles. The zero-order chi connectivity index (χ0) is 13.8. The maximum absolute atomic E-state index is 13.5. The fourth-order valence-electron chi connectivity index (χ4n) is 1.95. The van der Waals surface area contributed by atoms with E-state index in [2.05, 4.69) is 0 Å². The number of hydrogen-bond donors (Lipinski definition) is 1. The molecule has 19 heavy (non-hydrogen) atoms. The second kappa shape index (κ2) is 5.80. The van der Waals surface area contributed by atoms with Crippen molar-refractivity contribution in [3.8, 4) is 5.75 Å². The smallest absolute Gasteiger partial charge is 0.129 e. The molecule has 4 heteroatoms. The molecule has 0 saturated carbocycles. The summed E-state index contributed by atoms with van der Waals surface area (Å²) in [5.74, 6) is -0.750. The third kappa shape index (κ3) is 3.09. The van der Waals surface area contributed by atoms with E-state index in [1.54, 1.807) is 24.3 Å². The van der Waals surface area contributed by atoms with Gasteiger partial charge in [-0.1, -0.05) is 24.3 Å². The Labute approximate surface area is 110 Å². The molecule has 1 N–H and O–H groups in total. The van der Waals surface area contributed by atoms with E-state index in [-0.39, 0.29) is 12.0 Å². The molecular formula is C15H14F2O2. The number of para-hydroxylation sites is 1. The van der Waals surface area contributed by atoms with E-state index in [0.717, 1.165) is 6.07 Å². The zero-order valence-corrected chi connectivity index (χ0v) is 10.4. The van der Waals surface area contributed by atoms with Gasteiger partial charge in [0.15, 0.2) is 0 Å². The van der Waals surface area contributed by atoms with Gasteiger partial charge < -0.3 is 9.84 Å². The van der Waals surface area contributed by atoms with E-state index in [1.807, 2.05) is 0 Å². The average molecular weight is 264 g/mol. The third-order valence-corrected chi connectivity index (χ3v) is 2.93. The van der Waals surface area contributed by atoms with Crippen molar-refractivity contribution in [1.82, 2.24) is 0 Å². The van der Waals surface area contributed by atoms with Crippen LogP contribution in [0.1, 0.15) is 17.2 Å². The molecule has 1 atom stereocenters. The largest absolute Gasteiger partial charge is 0.496 e. The molecule has 1 unspecified atom stereocenters. The molecule has 0 heterocycles. The number of aliphatic hydroxyl groups excluding tert-OH is 1. The third-order valence-electron chi connectivity index (χ3n) is 2.93. The van der Waals surface area contributed by atoms with Gasteiger partial charge in [-0.3, -0.25) is 0 Å². The number of methoxy groups -OCH3 is 1. The lowest BCUT2D eigenvalue weighted by molar-refractivity contribution is 0.172. The Hall–Kier alpha value is -1.94. The first-order valence-electron chi connectivity index (χ1n) is 5.86. The van der Waals surface area contributed by atoms with E-state index in [1.165, 1.54) is 19.2 Å². The highest BCUT2D eigenvalue weighted by Crippen LogP contribution is 2.27. The minimum absolute atomic E-state index is 0.0620. The van der Waals surface area contributed by atoms with Gasteiger partial charge in [-0.2, -0.15) is 0 Å². The molecule has 0 saturated heterocycles. The van der Waals surface area contributed by atoms with Gasteiger partial charge in [-0.15, -0.1) is 0 Å². The summed E-state index contributed by atoms with van der Waals surface area (Å²) in [4.78, 5) is 0. The molecular weight excluding hydrogens is 250 g/mol. The fraction of sp³-hybridized carbons (Fsp3) is 0.200. The van der Waals surface area contributed by atoms with E-state index in [9.17, 15) is 13.9 Å². The van der Waals surface area contributed by atoms with Crippen LogP contribution >= 0.6 is 0 Å². The Morgan fingerprint density at radius 3 is 2.58 bits per heavy atom. The van der Waals surface area contributed by atoms with Gasteiger partial charge in [0, 0.05) is 18.1 Å². The highest BCUT2D eigenvalue weighted by molar-refractivity contribution is 5.36. The van der Waals surface area contributed by atoms with E-state index in [0.29, 0.717) is 11.3 Å². The highest BCUT2D eigenvalue weighted by Gasteiger charge is 2.15. The van der Waals surface area contributed by atoms with Crippen molar-refractivity contribution in [2.24, 2.45) is 0 Å². The number of halogens is 2. The van der Waals surface area contributed by atoms with Gasteiger partial charge in [0.2, 0.25) is 0 Å². The van der Waals surface area contributed by atoms with E-state index >= 15 is 0 Å². The summed E-state index contributed by atoms with van der Waals surface area (Å²) < 4.78 is 31.5. The average Bonchev–Trinajstić information content (AvgIpc) is 2.41. The number of aliphatic hydroxyl groups is 1. The van der Waals surface area contributed by atoms with Crippen molar-refractivity contribution < 1.29 is 18.6 Å². The molecule has 0 aliphatic heterocycles. The maximum atomic E-state index is 13.5. The van der Waals surface area contributed by atoms with Crippen LogP contribution in [0.2, 0.25) is 0 Å². The Balaban J connectivity index is 2.23. The minimum atomic E-state index is -0.906. The van der Waals surface area contributed by atoms with Crippen molar-refractivity contribution in [1.29, 1.82) is 0 Å². The molecule has 100 valence electrons. The summed E-state index contributed by atoms with van der Waals surface area (Å²) in [5, 5.41) is 10.1. The number of hydrogen-bond acceptors (Lipinski definition) is 2. The van der Waals surface area contributed by atoms with Crippen LogP contribution in [0, 0.1) is 11.6 Å². The van der Waals surface area contributed by atoms with Crippen LogP contribution < -0.4 is 4.74 Å². The minimum Gasteiger partial charge on any atom is -0.496 e. The molecule has 0 aliphatic rings. The van der Waals surface area contributed by atoms with Gasteiger partial charge in [-0.05, 0) is 17.7 Å². The first kappa shape index (κ1) is 13.5. The number of ether oxygens (including phenoxy) is 1. The van der Waals surface area contributed by atoms with Gasteiger partial charge >= 0.3 is 0 Å². The molecule has 0 fully saturated rings. The zero-order valence-electron chi connectivity index (χ0n) is 10.4. The van der Waals surface area contributed by atoms with E-state index in [4.69, 9.17) is 4.74 Å². The van der Waals surface area contributed by atoms with Crippen LogP contribution in [0.15, 0.2) is 42.5 Å². The van der Waals surface area contributed by atoms with Gasteiger partial charge in [-0.25, -0.2) is 8.78 Å². The van der Waals surface area contributed by atoms with Crippen LogP contribution in [0.3, 0.4) is 0 Å². The lowest BCUT2D eigenvalue weighted by Crippen LogP contribution is -2.05. The molecule has 0 amide bonds. The van der Waals surface area contributed by atoms with Crippen LogP contribution in [-0.2, 0) is 6.42 Å². The van der Waals surface area contributed by atoms with E-state index < -0.39 is 17.7 Å². The second-order valence-corrected chi connectivity index (χ2v) is 4.20. The summed E-state index contributed by atoms with van der Waals surface area (Å²) >= 11 is 0. The topological polar surface area (TPSA) is 29.5 Å². The van der Waals surface area contributed by atoms with Crippen LogP contribution in [0.4, 0.5) is 8.78 Å². The monoisotopic (exact) mass is 264 g/mol. The van der Waals surface area contributed by atoms with Crippen molar-refractivity contribution in [3.05, 3.63) is 65.2 Å². The van der Waals surface area contributed by atoms with Crippen molar-refractivity contribution in [2.45, 2.75) is 12.5 Å². The number of benzene rings is 2. The van der Waals surface area contributed by atoms with Crippen LogP contribution in [-0.4, -0.2) is 12.2 Å². The van der Waals surface area contributed by atoms with Crippen molar-refractivity contribution in [2.75, 3.05) is 7.11 Å². The molecule has 2 aromatic carbocycles. The maximum Gasteiger partial charge on any atom is 0.129 e. The lowest BCUT2D eigenvalue weighted by atomic mass is 10.0. The fourth-order valence-corrected chi connectivity index (χ4v) is 1.95. The Morgan fingerprint density at radius 2 is 1.89 bits per heavy atom. The lowest BCUT2D eigenvalue weighted by Gasteiger charge is -2.15. The van der Waals surface area contributed by atoms with Gasteiger partial charge in [0.05, 0.1) is 13.2 Å². The summed E-state index contributed by atoms with van der Waals surface area (Å²) in [6.07, 6.45) is -0.844. The van der Waals surface area contributed by atoms with Crippen molar-refractivity contribution >= 4 is 0 Å². The molecule has 0 spiro atoms. The Bertz CT molecular complexity index is 570. The van der Waals surface area contributed by atoms with Crippen LogP contribution in [0.5, 0.6) is 5.75 Å². The molecule has 2 rings (SSSR count). The van der Waals surface area contributed by atoms with Crippen molar-refractivity contribution in [3.63, 3.8) is 0 Å². The molecule has 0 bridgehead atoms. The van der Waals surface area contributed by atoms with Crippen LogP contribution in [0.25, 0.3) is 0 Å². The normalized spacial score (nSPS) is 12.2. The van der Waals surface area contributed by atoms with Gasteiger partial charge in [0.1, 0.15) is 17.4 Å². The highest BCUT2D eigenvalue weighted by atomic mass is 19.1. The van der Waals surface area contributed by atoms with Gasteiger partial charge in [0.25, 0.3) is 0 Å². The number of rotatable bonds is 4. The summed E-state index contributed by atoms with van der Waals surface area (Å²) in [7, 11) is 1.50. The molecule has 2 aromatic rings. The first-order chi connectivity index (χ1) is 9.11. The predicted octanol–water partition coefficient (Wildman–Crippen LogP) is 3.25. The summed E-state index contributed by atoms with van der Waals surface area (Å²) in [6, 6.07) is 10.3. The first-order valence-corrected chi connectivity index (χ1v) is 5.86. The Morgan fingerprint density at radius 1 is 1.16 bits per heavy atom. The molecule has 0 radical (unpaired) electrons. The summed E-state index contributed by atoms with van der Waals surface area (Å²) in [6.45, 7) is 0. The predicted molar refractivity (Wildman–Crippen MR) is 68.0 cm³/mol. The standard InChI is InChI=1S/C15H14F2O2/c1-19-15-5-3-2-4-12(15)14(18)8-10-6-7-11(16)9-13(10)17/h2-7,9,14,18H,8H2,1H3. The second-order valence-electron chi connectivity index (χ2n) is 4.20. The quantitative estimate of drug-likeness (QED) is 0.918. The SMILES string of the molecule is COc1ccccc1C(O)Cc1ccc(F)cc1F. The summed E-state index contributed by atoms with van der Waals surface area (Å²) in [5.41, 5.74) is 0.841.